The molecular formula is C10H18IN3O2. The third-order valence-corrected chi connectivity index (χ3v) is 1.96. The molecule has 0 radical (unpaired) electrons. The van der Waals surface area contributed by atoms with Gasteiger partial charge >= 0.3 is 0 Å². The minimum Gasteiger partial charge on any atom is -0.376 e. The van der Waals surface area contributed by atoms with E-state index in [-0.39, 0.29) is 30.1 Å². The van der Waals surface area contributed by atoms with E-state index in [1.54, 1.807) is 7.05 Å². The molecule has 0 aromatic rings. The number of hydrogen-bond donors (Lipinski definition) is 2. The van der Waals surface area contributed by atoms with Crippen LogP contribution in [0.15, 0.2) is 4.99 Å². The van der Waals surface area contributed by atoms with Gasteiger partial charge in [-0.25, -0.2) is 0 Å². The van der Waals surface area contributed by atoms with Crippen molar-refractivity contribution in [3.63, 3.8) is 0 Å². The lowest BCUT2D eigenvalue weighted by atomic mass is 10.3. The number of halogens is 1. The summed E-state index contributed by atoms with van der Waals surface area (Å²) in [7, 11) is 1.70. The van der Waals surface area contributed by atoms with Crippen LogP contribution in [-0.4, -0.2) is 52.0 Å². The number of hydrogen-bond acceptors (Lipinski definition) is 3. The summed E-state index contributed by atoms with van der Waals surface area (Å²) >= 11 is 0. The molecule has 16 heavy (non-hydrogen) atoms. The monoisotopic (exact) mass is 339 g/mol. The van der Waals surface area contributed by atoms with Gasteiger partial charge in [0.1, 0.15) is 0 Å². The van der Waals surface area contributed by atoms with E-state index in [4.69, 9.17) is 15.9 Å². The van der Waals surface area contributed by atoms with E-state index in [1.807, 2.05) is 0 Å². The second-order valence-electron chi connectivity index (χ2n) is 3.08. The topological polar surface area (TPSA) is 54.9 Å². The lowest BCUT2D eigenvalue weighted by molar-refractivity contribution is -0.0850. The quantitative estimate of drug-likeness (QED) is 0.324. The molecule has 6 heteroatoms. The van der Waals surface area contributed by atoms with E-state index >= 15 is 0 Å². The van der Waals surface area contributed by atoms with E-state index in [1.165, 1.54) is 0 Å². The highest BCUT2D eigenvalue weighted by atomic mass is 127. The van der Waals surface area contributed by atoms with Gasteiger partial charge in [-0.2, -0.15) is 0 Å². The van der Waals surface area contributed by atoms with Crippen LogP contribution >= 0.6 is 24.0 Å². The van der Waals surface area contributed by atoms with E-state index in [0.717, 1.165) is 0 Å². The van der Waals surface area contributed by atoms with Gasteiger partial charge in [-0.05, 0) is 0 Å². The highest BCUT2D eigenvalue weighted by Crippen LogP contribution is 1.98. The number of guanidine groups is 1. The summed E-state index contributed by atoms with van der Waals surface area (Å²) < 4.78 is 10.7. The van der Waals surface area contributed by atoms with Crippen LogP contribution in [0, 0.1) is 12.3 Å². The van der Waals surface area contributed by atoms with Crippen molar-refractivity contribution in [1.29, 1.82) is 0 Å². The Morgan fingerprint density at radius 1 is 1.50 bits per heavy atom. The van der Waals surface area contributed by atoms with Gasteiger partial charge in [-0.1, -0.05) is 5.92 Å². The molecule has 0 aliphatic carbocycles. The van der Waals surface area contributed by atoms with Crippen LogP contribution in [0.25, 0.3) is 0 Å². The largest absolute Gasteiger partial charge is 0.376 e. The number of terminal acetylenes is 1. The number of aliphatic imine (C=N–C) groups is 1. The Labute approximate surface area is 113 Å². The fourth-order valence-corrected chi connectivity index (χ4v) is 1.22. The molecule has 0 bridgehead atoms. The van der Waals surface area contributed by atoms with Crippen LogP contribution in [0.2, 0.25) is 0 Å². The second kappa shape index (κ2) is 9.69. The Morgan fingerprint density at radius 2 is 2.31 bits per heavy atom. The van der Waals surface area contributed by atoms with Crippen molar-refractivity contribution in [3.05, 3.63) is 0 Å². The molecule has 1 rings (SSSR count). The van der Waals surface area contributed by atoms with E-state index in [0.29, 0.717) is 38.9 Å². The zero-order valence-corrected chi connectivity index (χ0v) is 11.7. The van der Waals surface area contributed by atoms with Crippen LogP contribution in [-0.2, 0) is 9.47 Å². The smallest absolute Gasteiger partial charge is 0.191 e. The lowest BCUT2D eigenvalue weighted by Crippen LogP contribution is -2.44. The van der Waals surface area contributed by atoms with Crippen molar-refractivity contribution in [2.24, 2.45) is 4.99 Å². The van der Waals surface area contributed by atoms with Crippen molar-refractivity contribution in [1.82, 2.24) is 10.6 Å². The SMILES string of the molecule is C#CCNC(=NC)NCC1COCCO1.I. The van der Waals surface area contributed by atoms with Crippen molar-refractivity contribution in [2.75, 3.05) is 40.0 Å². The van der Waals surface area contributed by atoms with Crippen LogP contribution in [0.1, 0.15) is 0 Å². The molecule has 1 atom stereocenters. The molecule has 1 aliphatic rings. The van der Waals surface area contributed by atoms with Crippen molar-refractivity contribution in [2.45, 2.75) is 6.10 Å². The van der Waals surface area contributed by atoms with Crippen LogP contribution in [0.5, 0.6) is 0 Å². The summed E-state index contributed by atoms with van der Waals surface area (Å²) in [4.78, 5) is 4.01. The first kappa shape index (κ1) is 15.5. The van der Waals surface area contributed by atoms with Crippen molar-refractivity contribution < 1.29 is 9.47 Å². The molecule has 0 aromatic heterocycles. The average Bonchev–Trinajstić information content (AvgIpc) is 2.31. The summed E-state index contributed by atoms with van der Waals surface area (Å²) in [6, 6.07) is 0. The van der Waals surface area contributed by atoms with E-state index in [9.17, 15) is 0 Å². The first-order valence-electron chi connectivity index (χ1n) is 4.94. The Balaban J connectivity index is 0.00000225. The van der Waals surface area contributed by atoms with Gasteiger partial charge in [0.25, 0.3) is 0 Å². The summed E-state index contributed by atoms with van der Waals surface area (Å²) in [5.41, 5.74) is 0. The highest BCUT2D eigenvalue weighted by molar-refractivity contribution is 14.0. The van der Waals surface area contributed by atoms with Gasteiger partial charge in [0.15, 0.2) is 5.96 Å². The first-order chi connectivity index (χ1) is 7.36. The summed E-state index contributed by atoms with van der Waals surface area (Å²) in [6.07, 6.45) is 5.22. The molecule has 5 nitrogen and oxygen atoms in total. The molecule has 1 saturated heterocycles. The van der Waals surface area contributed by atoms with Gasteiger partial charge in [0.05, 0.1) is 32.5 Å². The Bertz CT molecular complexity index is 247. The first-order valence-corrected chi connectivity index (χ1v) is 4.94. The Hall–Kier alpha value is -0.520. The Morgan fingerprint density at radius 3 is 2.88 bits per heavy atom. The molecule has 0 amide bonds. The zero-order chi connectivity index (χ0) is 10.9. The minimum absolute atomic E-state index is 0. The molecule has 0 spiro atoms. The summed E-state index contributed by atoms with van der Waals surface area (Å²) in [6.45, 7) is 3.09. The highest BCUT2D eigenvalue weighted by Gasteiger charge is 2.14. The molecule has 2 N–H and O–H groups in total. The second-order valence-corrected chi connectivity index (χ2v) is 3.08. The molecule has 1 heterocycles. The molecule has 0 aromatic carbocycles. The summed E-state index contributed by atoms with van der Waals surface area (Å²) in [5, 5.41) is 6.08. The van der Waals surface area contributed by atoms with E-state index in [2.05, 4.69) is 21.5 Å². The minimum atomic E-state index is 0. The number of rotatable bonds is 3. The van der Waals surface area contributed by atoms with Gasteiger partial charge in [0, 0.05) is 13.6 Å². The predicted octanol–water partition coefficient (Wildman–Crippen LogP) is -0.182. The normalized spacial score (nSPS) is 20.5. The maximum Gasteiger partial charge on any atom is 0.191 e. The van der Waals surface area contributed by atoms with Gasteiger partial charge in [0.2, 0.25) is 0 Å². The van der Waals surface area contributed by atoms with Gasteiger partial charge < -0.3 is 20.1 Å². The van der Waals surface area contributed by atoms with Crippen molar-refractivity contribution in [3.8, 4) is 12.3 Å². The third-order valence-electron chi connectivity index (χ3n) is 1.96. The molecular weight excluding hydrogens is 321 g/mol. The van der Waals surface area contributed by atoms with Crippen molar-refractivity contribution >= 4 is 29.9 Å². The van der Waals surface area contributed by atoms with Crippen LogP contribution in [0.4, 0.5) is 0 Å². The fourth-order valence-electron chi connectivity index (χ4n) is 1.22. The van der Waals surface area contributed by atoms with Crippen LogP contribution < -0.4 is 10.6 Å². The molecule has 1 fully saturated rings. The molecule has 1 aliphatic heterocycles. The van der Waals surface area contributed by atoms with E-state index < -0.39 is 0 Å². The average molecular weight is 339 g/mol. The van der Waals surface area contributed by atoms with Gasteiger partial charge in [-0.15, -0.1) is 30.4 Å². The number of ether oxygens (including phenoxy) is 2. The zero-order valence-electron chi connectivity index (χ0n) is 9.36. The third kappa shape index (κ3) is 6.15. The number of nitrogens with zero attached hydrogens (tertiary/aromatic N) is 1. The standard InChI is InChI=1S/C10H17N3O2.HI/c1-3-4-12-10(11-2)13-7-9-8-14-5-6-15-9;/h1,9H,4-8H2,2H3,(H2,11,12,13);1H. The van der Waals surface area contributed by atoms with Gasteiger partial charge in [-0.3, -0.25) is 4.99 Å². The molecule has 0 saturated carbocycles. The maximum absolute atomic E-state index is 5.47. The maximum atomic E-state index is 5.47. The van der Waals surface area contributed by atoms with Crippen LogP contribution in [0.3, 0.4) is 0 Å². The molecule has 1 unspecified atom stereocenters. The fraction of sp³-hybridized carbons (Fsp3) is 0.700. The number of nitrogens with one attached hydrogen (secondary N) is 2. The summed E-state index contributed by atoms with van der Waals surface area (Å²) in [5.74, 6) is 3.17. The Kier molecular flexibility index (Phi) is 9.37. The molecule has 92 valence electrons. The predicted molar refractivity (Wildman–Crippen MR) is 74.2 cm³/mol. The lowest BCUT2D eigenvalue weighted by Gasteiger charge is -2.23.